The highest BCUT2D eigenvalue weighted by Gasteiger charge is 2.17. The lowest BCUT2D eigenvalue weighted by Gasteiger charge is -2.34. The van der Waals surface area contributed by atoms with Gasteiger partial charge in [-0.05, 0) is 60.8 Å². The summed E-state index contributed by atoms with van der Waals surface area (Å²) in [5.41, 5.74) is 6.09. The molecule has 2 heterocycles. The molecule has 0 spiro atoms. The Morgan fingerprint density at radius 1 is 0.933 bits per heavy atom. The third-order valence-electron chi connectivity index (χ3n) is 5.72. The molecular weight excluding hydrogens is 396 g/mol. The number of amides is 1. The number of piperazine rings is 1. The Bertz CT molecular complexity index is 890. The summed E-state index contributed by atoms with van der Waals surface area (Å²) in [7, 11) is 2.18. The average molecular weight is 425 g/mol. The summed E-state index contributed by atoms with van der Waals surface area (Å²) >= 11 is 1.70. The van der Waals surface area contributed by atoms with Gasteiger partial charge in [-0.2, -0.15) is 0 Å². The zero-order valence-corrected chi connectivity index (χ0v) is 18.1. The van der Waals surface area contributed by atoms with Crippen molar-refractivity contribution < 1.29 is 10.0 Å². The minimum Gasteiger partial charge on any atom is -0.369 e. The normalized spacial score (nSPS) is 18.2. The van der Waals surface area contributed by atoms with Gasteiger partial charge in [0, 0.05) is 55.4 Å². The predicted octanol–water partition coefficient (Wildman–Crippen LogP) is 3.25. The summed E-state index contributed by atoms with van der Waals surface area (Å²) in [5.74, 6) is -0.400. The molecule has 2 aliphatic rings. The van der Waals surface area contributed by atoms with Crippen LogP contribution in [0.15, 0.2) is 65.1 Å². The van der Waals surface area contributed by atoms with E-state index in [9.17, 15) is 4.79 Å². The fourth-order valence-electron chi connectivity index (χ4n) is 3.80. The molecule has 0 saturated carbocycles. The van der Waals surface area contributed by atoms with Gasteiger partial charge in [0.15, 0.2) is 0 Å². The van der Waals surface area contributed by atoms with E-state index in [1.807, 2.05) is 6.08 Å². The van der Waals surface area contributed by atoms with Gasteiger partial charge < -0.3 is 9.80 Å². The quantitative estimate of drug-likeness (QED) is 0.437. The molecule has 1 saturated heterocycles. The van der Waals surface area contributed by atoms with Crippen LogP contribution in [0.5, 0.6) is 0 Å². The first kappa shape index (κ1) is 20.9. The first-order chi connectivity index (χ1) is 14.6. The van der Waals surface area contributed by atoms with Crippen molar-refractivity contribution in [3.05, 3.63) is 60.2 Å². The third kappa shape index (κ3) is 5.05. The van der Waals surface area contributed by atoms with Crippen molar-refractivity contribution in [2.45, 2.75) is 11.3 Å². The fourth-order valence-corrected chi connectivity index (χ4v) is 4.69. The topological polar surface area (TPSA) is 59.0 Å². The van der Waals surface area contributed by atoms with Crippen molar-refractivity contribution in [1.29, 1.82) is 0 Å². The number of anilines is 1. The molecule has 0 aromatic heterocycles. The average Bonchev–Trinajstić information content (AvgIpc) is 2.80. The first-order valence-electron chi connectivity index (χ1n) is 10.3. The molecule has 2 aromatic rings. The largest absolute Gasteiger partial charge is 0.369 e. The van der Waals surface area contributed by atoms with E-state index in [4.69, 9.17) is 5.21 Å². The van der Waals surface area contributed by atoms with Crippen LogP contribution in [-0.4, -0.2) is 66.6 Å². The summed E-state index contributed by atoms with van der Waals surface area (Å²) < 4.78 is 2.22. The van der Waals surface area contributed by atoms with Crippen LogP contribution >= 0.6 is 11.9 Å². The maximum atomic E-state index is 11.5. The summed E-state index contributed by atoms with van der Waals surface area (Å²) in [6, 6.07) is 17.5. The van der Waals surface area contributed by atoms with Crippen molar-refractivity contribution in [2.75, 3.05) is 51.2 Å². The molecule has 2 N–H and O–H groups in total. The standard InChI is InChI=1S/C23H28N4O2S/c1-25-14-16-26(17-15-25)21-6-2-18(3-7-21)19-4-8-22(9-5-19)30-27-12-10-20(11-13-27)23(28)24-29/h2-10,29H,11-17H2,1H3,(H,24,28). The predicted molar refractivity (Wildman–Crippen MR) is 122 cm³/mol. The van der Waals surface area contributed by atoms with E-state index in [0.29, 0.717) is 18.5 Å². The van der Waals surface area contributed by atoms with Crippen LogP contribution in [0.25, 0.3) is 11.1 Å². The number of carbonyl (C=O) groups is 1. The Morgan fingerprint density at radius 3 is 2.13 bits per heavy atom. The molecule has 158 valence electrons. The molecule has 0 atom stereocenters. The van der Waals surface area contributed by atoms with Crippen LogP contribution in [0, 0.1) is 0 Å². The Hall–Kier alpha value is -2.32. The molecule has 7 heteroatoms. The second-order valence-electron chi connectivity index (χ2n) is 7.76. The fraction of sp³-hybridized carbons (Fsp3) is 0.348. The van der Waals surface area contributed by atoms with Gasteiger partial charge in [0.2, 0.25) is 0 Å². The number of nitrogens with one attached hydrogen (secondary N) is 1. The Morgan fingerprint density at radius 2 is 1.57 bits per heavy atom. The zero-order valence-electron chi connectivity index (χ0n) is 17.3. The van der Waals surface area contributed by atoms with E-state index >= 15 is 0 Å². The van der Waals surface area contributed by atoms with Crippen molar-refractivity contribution >= 4 is 23.5 Å². The highest BCUT2D eigenvalue weighted by atomic mass is 32.2. The van der Waals surface area contributed by atoms with E-state index < -0.39 is 5.91 Å². The van der Waals surface area contributed by atoms with Crippen molar-refractivity contribution in [1.82, 2.24) is 14.7 Å². The monoisotopic (exact) mass is 424 g/mol. The summed E-state index contributed by atoms with van der Waals surface area (Å²) in [6.45, 7) is 5.86. The van der Waals surface area contributed by atoms with E-state index in [-0.39, 0.29) is 0 Å². The number of hydroxylamine groups is 1. The molecule has 2 aromatic carbocycles. The lowest BCUT2D eigenvalue weighted by Crippen LogP contribution is -2.44. The van der Waals surface area contributed by atoms with Crippen LogP contribution in [0.3, 0.4) is 0 Å². The maximum Gasteiger partial charge on any atom is 0.270 e. The lowest BCUT2D eigenvalue weighted by molar-refractivity contribution is -0.125. The van der Waals surface area contributed by atoms with Gasteiger partial charge in [0.05, 0.1) is 0 Å². The molecule has 0 aliphatic carbocycles. The molecule has 0 unspecified atom stereocenters. The minimum absolute atomic E-state index is 0.400. The molecule has 30 heavy (non-hydrogen) atoms. The Kier molecular flexibility index (Phi) is 6.74. The number of hydrogen-bond acceptors (Lipinski definition) is 6. The highest BCUT2D eigenvalue weighted by molar-refractivity contribution is 7.97. The Labute approximate surface area is 182 Å². The van der Waals surface area contributed by atoms with Gasteiger partial charge in [-0.15, -0.1) is 0 Å². The van der Waals surface area contributed by atoms with Gasteiger partial charge in [0.1, 0.15) is 0 Å². The number of hydrogen-bond donors (Lipinski definition) is 2. The number of likely N-dealkylation sites (N-methyl/N-ethyl adjacent to an activating group) is 1. The zero-order chi connectivity index (χ0) is 20.9. The molecule has 0 bridgehead atoms. The van der Waals surface area contributed by atoms with Crippen LogP contribution < -0.4 is 10.4 Å². The van der Waals surface area contributed by atoms with Gasteiger partial charge in [-0.3, -0.25) is 10.0 Å². The summed E-state index contributed by atoms with van der Waals surface area (Å²) in [4.78, 5) is 17.5. The minimum atomic E-state index is -0.400. The van der Waals surface area contributed by atoms with E-state index in [1.165, 1.54) is 21.7 Å². The third-order valence-corrected chi connectivity index (χ3v) is 6.80. The van der Waals surface area contributed by atoms with Crippen LogP contribution in [-0.2, 0) is 4.79 Å². The molecule has 0 radical (unpaired) electrons. The molecule has 6 nitrogen and oxygen atoms in total. The smallest absolute Gasteiger partial charge is 0.270 e. The Balaban J connectivity index is 1.35. The first-order valence-corrected chi connectivity index (χ1v) is 11.1. The van der Waals surface area contributed by atoms with E-state index in [1.54, 1.807) is 17.4 Å². The van der Waals surface area contributed by atoms with Crippen molar-refractivity contribution in [2.24, 2.45) is 0 Å². The summed E-state index contributed by atoms with van der Waals surface area (Å²) in [6.07, 6.45) is 2.51. The highest BCUT2D eigenvalue weighted by Crippen LogP contribution is 2.29. The second-order valence-corrected chi connectivity index (χ2v) is 8.93. The van der Waals surface area contributed by atoms with Gasteiger partial charge >= 0.3 is 0 Å². The SMILES string of the molecule is CN1CCN(c2ccc(-c3ccc(SN4CC=C(C(=O)NO)CC4)cc3)cc2)CC1. The van der Waals surface area contributed by atoms with E-state index in [0.717, 1.165) is 32.7 Å². The van der Waals surface area contributed by atoms with Crippen molar-refractivity contribution in [3.63, 3.8) is 0 Å². The van der Waals surface area contributed by atoms with Crippen molar-refractivity contribution in [3.8, 4) is 11.1 Å². The van der Waals surface area contributed by atoms with Gasteiger partial charge in [-0.1, -0.05) is 30.3 Å². The summed E-state index contributed by atoms with van der Waals surface area (Å²) in [5, 5.41) is 8.74. The molecule has 2 aliphatic heterocycles. The van der Waals surface area contributed by atoms with Gasteiger partial charge in [-0.25, -0.2) is 9.79 Å². The number of benzene rings is 2. The second kappa shape index (κ2) is 9.66. The molecule has 4 rings (SSSR count). The van der Waals surface area contributed by atoms with E-state index in [2.05, 4.69) is 69.7 Å². The number of nitrogens with zero attached hydrogens (tertiary/aromatic N) is 3. The number of rotatable bonds is 5. The lowest BCUT2D eigenvalue weighted by atomic mass is 10.1. The van der Waals surface area contributed by atoms with Gasteiger partial charge in [0.25, 0.3) is 5.91 Å². The molecule has 1 fully saturated rings. The van der Waals surface area contributed by atoms with Crippen LogP contribution in [0.4, 0.5) is 5.69 Å². The number of carbonyl (C=O) groups excluding carboxylic acids is 1. The van der Waals surface area contributed by atoms with Crippen LogP contribution in [0.1, 0.15) is 6.42 Å². The molecular formula is C23H28N4O2S. The molecule has 1 amide bonds. The maximum absolute atomic E-state index is 11.5. The van der Waals surface area contributed by atoms with Crippen LogP contribution in [0.2, 0.25) is 0 Å².